The number of rotatable bonds is 6. The molecule has 0 aromatic rings. The van der Waals surface area contributed by atoms with Crippen molar-refractivity contribution in [3.05, 3.63) is 12.2 Å². The van der Waals surface area contributed by atoms with E-state index in [2.05, 4.69) is 48.1 Å². The Kier molecular flexibility index (Phi) is 4.39. The Hall–Kier alpha value is -0.340. The highest BCUT2D eigenvalue weighted by atomic mass is 16.3. The average molecular weight is 389 g/mol. The van der Waals surface area contributed by atoms with Crippen LogP contribution < -0.4 is 0 Å². The molecule has 160 valence electrons. The molecule has 0 amide bonds. The van der Waals surface area contributed by atoms with E-state index < -0.39 is 11.2 Å². The Labute approximate surface area is 173 Å². The number of allylic oxidation sites excluding steroid dienone is 1. The second-order valence-corrected chi connectivity index (χ2v) is 12.9. The first-order valence-electron chi connectivity index (χ1n) is 11.8. The van der Waals surface area contributed by atoms with Gasteiger partial charge in [0.2, 0.25) is 0 Å². The number of fused-ring (bicyclic) bond motifs is 4. The normalized spacial score (nSPS) is 50.4. The Morgan fingerprint density at radius 1 is 0.750 bits per heavy atom. The standard InChI is InChI=1S/C26H44O2/c1-18(8-14-25(27)21(2,3)19-10-12-23(25,6)16-19)9-15-26(28)22(4,5)20-11-13-24(26,7)17-20/h19-20,27-28H,1,8-17H2,2-7H3/t19-,20-,23-,24-,25-,26-/m0/s1. The maximum Gasteiger partial charge on any atom is 0.0757 e. The number of aliphatic hydroxyl groups is 2. The molecular formula is C26H44O2. The summed E-state index contributed by atoms with van der Waals surface area (Å²) in [6, 6.07) is 0. The zero-order valence-electron chi connectivity index (χ0n) is 19.3. The lowest BCUT2D eigenvalue weighted by molar-refractivity contribution is -0.150. The number of hydrogen-bond donors (Lipinski definition) is 2. The van der Waals surface area contributed by atoms with Gasteiger partial charge in [0.05, 0.1) is 11.2 Å². The molecule has 0 spiro atoms. The Morgan fingerprint density at radius 2 is 1.11 bits per heavy atom. The third-order valence-electron chi connectivity index (χ3n) is 11.3. The Bertz CT molecular complexity index is 608. The first-order valence-corrected chi connectivity index (χ1v) is 11.8. The van der Waals surface area contributed by atoms with Crippen LogP contribution in [-0.2, 0) is 0 Å². The van der Waals surface area contributed by atoms with Crippen molar-refractivity contribution >= 4 is 0 Å². The van der Waals surface area contributed by atoms with E-state index in [1.165, 1.54) is 31.3 Å². The van der Waals surface area contributed by atoms with Gasteiger partial charge < -0.3 is 10.2 Å². The van der Waals surface area contributed by atoms with Crippen molar-refractivity contribution in [3.63, 3.8) is 0 Å². The summed E-state index contributed by atoms with van der Waals surface area (Å²) >= 11 is 0. The second-order valence-electron chi connectivity index (χ2n) is 12.9. The van der Waals surface area contributed by atoms with Gasteiger partial charge >= 0.3 is 0 Å². The molecule has 6 atom stereocenters. The van der Waals surface area contributed by atoms with Crippen LogP contribution in [0.3, 0.4) is 0 Å². The van der Waals surface area contributed by atoms with E-state index in [4.69, 9.17) is 0 Å². The van der Waals surface area contributed by atoms with Crippen molar-refractivity contribution in [1.29, 1.82) is 0 Å². The molecule has 28 heavy (non-hydrogen) atoms. The molecule has 2 nitrogen and oxygen atoms in total. The van der Waals surface area contributed by atoms with Gasteiger partial charge in [0.1, 0.15) is 0 Å². The molecule has 4 saturated carbocycles. The fourth-order valence-corrected chi connectivity index (χ4v) is 8.78. The topological polar surface area (TPSA) is 40.5 Å². The van der Waals surface area contributed by atoms with Crippen molar-refractivity contribution in [2.24, 2.45) is 33.5 Å². The molecule has 0 radical (unpaired) electrons. The van der Waals surface area contributed by atoms with Crippen molar-refractivity contribution in [3.8, 4) is 0 Å². The average Bonchev–Trinajstić information content (AvgIpc) is 3.27. The van der Waals surface area contributed by atoms with Gasteiger partial charge in [0.25, 0.3) is 0 Å². The summed E-state index contributed by atoms with van der Waals surface area (Å²) in [5, 5.41) is 23.5. The lowest BCUT2D eigenvalue weighted by atomic mass is 9.58. The van der Waals surface area contributed by atoms with Crippen LogP contribution in [0.5, 0.6) is 0 Å². The monoisotopic (exact) mass is 388 g/mol. The van der Waals surface area contributed by atoms with E-state index in [1.54, 1.807) is 0 Å². The lowest BCUT2D eigenvalue weighted by Gasteiger charge is -2.52. The molecule has 0 aromatic carbocycles. The number of hydrogen-bond acceptors (Lipinski definition) is 2. The first-order chi connectivity index (χ1) is 12.7. The van der Waals surface area contributed by atoms with Gasteiger partial charge in [-0.1, -0.05) is 53.7 Å². The van der Waals surface area contributed by atoms with Crippen molar-refractivity contribution in [2.45, 2.75) is 117 Å². The van der Waals surface area contributed by atoms with Gasteiger partial charge in [0, 0.05) is 0 Å². The molecule has 0 unspecified atom stereocenters. The molecule has 2 N–H and O–H groups in total. The van der Waals surface area contributed by atoms with Crippen LogP contribution in [0.4, 0.5) is 0 Å². The van der Waals surface area contributed by atoms with Crippen molar-refractivity contribution < 1.29 is 10.2 Å². The molecule has 2 heteroatoms. The fraction of sp³-hybridized carbons (Fsp3) is 0.923. The molecule has 4 rings (SSSR count). The van der Waals surface area contributed by atoms with E-state index in [0.717, 1.165) is 38.5 Å². The fourth-order valence-electron chi connectivity index (χ4n) is 8.78. The summed E-state index contributed by atoms with van der Waals surface area (Å²) in [7, 11) is 0. The quantitative estimate of drug-likeness (QED) is 0.527. The minimum atomic E-state index is -0.583. The van der Waals surface area contributed by atoms with Gasteiger partial charge in [-0.3, -0.25) is 0 Å². The van der Waals surface area contributed by atoms with Gasteiger partial charge in [-0.2, -0.15) is 0 Å². The van der Waals surface area contributed by atoms with E-state index in [9.17, 15) is 10.2 Å². The van der Waals surface area contributed by atoms with Crippen molar-refractivity contribution in [2.75, 3.05) is 0 Å². The third-order valence-corrected chi connectivity index (χ3v) is 11.3. The van der Waals surface area contributed by atoms with Crippen LogP contribution in [0.15, 0.2) is 12.2 Å². The largest absolute Gasteiger partial charge is 0.389 e. The van der Waals surface area contributed by atoms with E-state index in [0.29, 0.717) is 11.8 Å². The highest BCUT2D eigenvalue weighted by Crippen LogP contribution is 2.70. The molecule has 0 heterocycles. The van der Waals surface area contributed by atoms with Crippen LogP contribution in [0, 0.1) is 33.5 Å². The summed E-state index contributed by atoms with van der Waals surface area (Å²) in [4.78, 5) is 0. The van der Waals surface area contributed by atoms with Gasteiger partial charge in [-0.25, -0.2) is 0 Å². The maximum absolute atomic E-state index is 11.8. The molecule has 0 aromatic heterocycles. The second kappa shape index (κ2) is 5.88. The van der Waals surface area contributed by atoms with E-state index in [-0.39, 0.29) is 21.7 Å². The molecule has 0 saturated heterocycles. The smallest absolute Gasteiger partial charge is 0.0757 e. The minimum absolute atomic E-state index is 0.00144. The highest BCUT2D eigenvalue weighted by molar-refractivity contribution is 5.21. The SMILES string of the molecule is C=C(CC[C@]1(O)C(C)(C)[C@H]2CC[C@@]1(C)C2)CC[C@]1(O)C(C)(C)[C@H]2CC[C@@]1(C)C2. The molecule has 4 aliphatic carbocycles. The first kappa shape index (κ1) is 20.9. The van der Waals surface area contributed by atoms with Crippen LogP contribution in [0.2, 0.25) is 0 Å². The molecule has 0 aliphatic heterocycles. The van der Waals surface area contributed by atoms with E-state index >= 15 is 0 Å². The van der Waals surface area contributed by atoms with Crippen LogP contribution in [0.1, 0.15) is 106 Å². The summed E-state index contributed by atoms with van der Waals surface area (Å²) < 4.78 is 0. The summed E-state index contributed by atoms with van der Waals surface area (Å²) in [5.41, 5.74) is 0.184. The summed E-state index contributed by atoms with van der Waals surface area (Å²) in [6.07, 6.45) is 10.7. The minimum Gasteiger partial charge on any atom is -0.389 e. The summed E-state index contributed by atoms with van der Waals surface area (Å²) in [6.45, 7) is 18.1. The van der Waals surface area contributed by atoms with Crippen molar-refractivity contribution in [1.82, 2.24) is 0 Å². The van der Waals surface area contributed by atoms with Crippen LogP contribution in [0.25, 0.3) is 0 Å². The Balaban J connectivity index is 1.40. The van der Waals surface area contributed by atoms with Gasteiger partial charge in [-0.15, -0.1) is 0 Å². The molecule has 4 aliphatic rings. The predicted molar refractivity (Wildman–Crippen MR) is 116 cm³/mol. The molecule has 4 fully saturated rings. The highest BCUT2D eigenvalue weighted by Gasteiger charge is 2.69. The molecular weight excluding hydrogens is 344 g/mol. The third kappa shape index (κ3) is 2.34. The summed E-state index contributed by atoms with van der Waals surface area (Å²) in [5.74, 6) is 1.32. The zero-order valence-corrected chi connectivity index (χ0v) is 19.3. The Morgan fingerprint density at radius 3 is 1.39 bits per heavy atom. The van der Waals surface area contributed by atoms with E-state index in [1.807, 2.05) is 0 Å². The predicted octanol–water partition coefficient (Wildman–Crippen LogP) is 6.26. The lowest BCUT2D eigenvalue weighted by Crippen LogP contribution is -2.54. The maximum atomic E-state index is 11.8. The van der Waals surface area contributed by atoms with Gasteiger partial charge in [0.15, 0.2) is 0 Å². The van der Waals surface area contributed by atoms with Gasteiger partial charge in [-0.05, 0) is 97.7 Å². The van der Waals surface area contributed by atoms with Crippen LogP contribution in [-0.4, -0.2) is 21.4 Å². The van der Waals surface area contributed by atoms with Crippen LogP contribution >= 0.6 is 0 Å². The zero-order chi connectivity index (χ0) is 20.8. The molecule has 4 bridgehead atoms.